The maximum Gasteiger partial charge on any atom is 0.264 e. The molecule has 5 heteroatoms. The maximum atomic E-state index is 13.1. The molecule has 0 aromatic carbocycles. The van der Waals surface area contributed by atoms with Crippen LogP contribution in [-0.2, 0) is 22.3 Å². The van der Waals surface area contributed by atoms with Gasteiger partial charge in [0.25, 0.3) is 5.91 Å². The first-order valence-electron chi connectivity index (χ1n) is 8.90. The topological polar surface area (TPSA) is 38.8 Å². The second-order valence-electron chi connectivity index (χ2n) is 6.33. The van der Waals surface area contributed by atoms with E-state index in [0.29, 0.717) is 13.2 Å². The van der Waals surface area contributed by atoms with Crippen LogP contribution >= 0.6 is 11.3 Å². The molecule has 4 nitrogen and oxygen atoms in total. The van der Waals surface area contributed by atoms with Crippen LogP contribution in [0.4, 0.5) is 0 Å². The van der Waals surface area contributed by atoms with Crippen LogP contribution in [0.5, 0.6) is 0 Å². The predicted octanol–water partition coefficient (Wildman–Crippen LogP) is 3.63. The van der Waals surface area contributed by atoms with Crippen LogP contribution in [0.1, 0.15) is 59.6 Å². The molecular weight excluding hydrogens is 310 g/mol. The van der Waals surface area contributed by atoms with E-state index in [1.165, 1.54) is 10.4 Å². The van der Waals surface area contributed by atoms with Gasteiger partial charge < -0.3 is 14.4 Å². The summed E-state index contributed by atoms with van der Waals surface area (Å²) >= 11 is 1.68. The molecule has 1 unspecified atom stereocenters. The summed E-state index contributed by atoms with van der Waals surface area (Å²) in [6.45, 7) is 6.45. The van der Waals surface area contributed by atoms with Gasteiger partial charge in [0.15, 0.2) is 6.29 Å². The molecule has 1 atom stereocenters. The molecule has 128 valence electrons. The molecule has 0 N–H and O–H groups in total. The SMILES string of the molecule is CCCc1sc(C(=O)N2CCCCC2C2OCCO2)cc1CC. The number of nitrogens with zero attached hydrogens (tertiary/aromatic N) is 1. The van der Waals surface area contributed by atoms with Gasteiger partial charge in [-0.1, -0.05) is 20.3 Å². The largest absolute Gasteiger partial charge is 0.348 e. The number of hydrogen-bond acceptors (Lipinski definition) is 4. The van der Waals surface area contributed by atoms with Crippen LogP contribution in [0.15, 0.2) is 6.07 Å². The summed E-state index contributed by atoms with van der Waals surface area (Å²) in [7, 11) is 0. The van der Waals surface area contributed by atoms with Crippen molar-refractivity contribution in [2.45, 2.75) is 64.7 Å². The molecule has 0 spiro atoms. The molecule has 1 aromatic rings. The highest BCUT2D eigenvalue weighted by molar-refractivity contribution is 7.14. The van der Waals surface area contributed by atoms with Crippen LogP contribution in [0, 0.1) is 0 Å². The van der Waals surface area contributed by atoms with Crippen LogP contribution in [0.25, 0.3) is 0 Å². The van der Waals surface area contributed by atoms with Gasteiger partial charge in [0.2, 0.25) is 0 Å². The monoisotopic (exact) mass is 337 g/mol. The summed E-state index contributed by atoms with van der Waals surface area (Å²) in [5.41, 5.74) is 1.34. The zero-order valence-electron chi connectivity index (χ0n) is 14.2. The van der Waals surface area contributed by atoms with Crippen molar-refractivity contribution in [2.75, 3.05) is 19.8 Å². The Balaban J connectivity index is 1.79. The van der Waals surface area contributed by atoms with Crippen LogP contribution in [-0.4, -0.2) is 42.9 Å². The highest BCUT2D eigenvalue weighted by Crippen LogP contribution is 2.30. The number of carbonyl (C=O) groups excluding carboxylic acids is 1. The van der Waals surface area contributed by atoms with Gasteiger partial charge in [-0.2, -0.15) is 0 Å². The number of rotatable bonds is 5. The molecule has 2 aliphatic heterocycles. The summed E-state index contributed by atoms with van der Waals surface area (Å²) in [6.07, 6.45) is 6.14. The lowest BCUT2D eigenvalue weighted by Gasteiger charge is -2.37. The van der Waals surface area contributed by atoms with Gasteiger partial charge in [-0.15, -0.1) is 11.3 Å². The summed E-state index contributed by atoms with van der Waals surface area (Å²) in [4.78, 5) is 17.3. The molecule has 2 fully saturated rings. The molecule has 23 heavy (non-hydrogen) atoms. The molecule has 0 saturated carbocycles. The molecule has 1 amide bonds. The van der Waals surface area contributed by atoms with Gasteiger partial charge >= 0.3 is 0 Å². The van der Waals surface area contributed by atoms with Gasteiger partial charge in [-0.25, -0.2) is 0 Å². The van der Waals surface area contributed by atoms with Crippen molar-refractivity contribution in [1.29, 1.82) is 0 Å². The zero-order chi connectivity index (χ0) is 16.2. The number of amides is 1. The lowest BCUT2D eigenvalue weighted by atomic mass is 10.0. The Kier molecular flexibility index (Phi) is 5.72. The molecule has 0 bridgehead atoms. The Morgan fingerprint density at radius 3 is 2.78 bits per heavy atom. The van der Waals surface area contributed by atoms with Crippen molar-refractivity contribution < 1.29 is 14.3 Å². The van der Waals surface area contributed by atoms with Crippen LogP contribution < -0.4 is 0 Å². The smallest absolute Gasteiger partial charge is 0.264 e. The Morgan fingerprint density at radius 2 is 2.09 bits per heavy atom. The Labute approximate surface area is 142 Å². The lowest BCUT2D eigenvalue weighted by Crippen LogP contribution is -2.50. The van der Waals surface area contributed by atoms with Gasteiger partial charge in [-0.05, 0) is 43.7 Å². The quantitative estimate of drug-likeness (QED) is 0.823. The minimum atomic E-state index is -0.236. The fourth-order valence-electron chi connectivity index (χ4n) is 3.54. The van der Waals surface area contributed by atoms with E-state index >= 15 is 0 Å². The van der Waals surface area contributed by atoms with E-state index in [-0.39, 0.29) is 18.2 Å². The van der Waals surface area contributed by atoms with Gasteiger partial charge in [0.05, 0.1) is 24.1 Å². The van der Waals surface area contributed by atoms with Crippen molar-refractivity contribution in [3.63, 3.8) is 0 Å². The number of piperidine rings is 1. The highest BCUT2D eigenvalue weighted by Gasteiger charge is 2.37. The number of ether oxygens (including phenoxy) is 2. The van der Waals surface area contributed by atoms with E-state index < -0.39 is 0 Å². The Morgan fingerprint density at radius 1 is 1.30 bits per heavy atom. The molecule has 0 radical (unpaired) electrons. The Hall–Kier alpha value is -0.910. The van der Waals surface area contributed by atoms with Crippen LogP contribution in [0.2, 0.25) is 0 Å². The van der Waals surface area contributed by atoms with E-state index in [0.717, 1.165) is 49.9 Å². The normalized spacial score (nSPS) is 22.7. The standard InChI is InChI=1S/C18H27NO3S/c1-3-7-15-13(4-2)12-16(23-15)17(20)19-9-6-5-8-14(19)18-21-10-11-22-18/h12,14,18H,3-11H2,1-2H3. The van der Waals surface area contributed by atoms with E-state index in [9.17, 15) is 4.79 Å². The maximum absolute atomic E-state index is 13.1. The van der Waals surface area contributed by atoms with E-state index in [4.69, 9.17) is 9.47 Å². The zero-order valence-corrected chi connectivity index (χ0v) is 15.0. The number of likely N-dealkylation sites (tertiary alicyclic amines) is 1. The average Bonchev–Trinajstić information content (AvgIpc) is 3.24. The highest BCUT2D eigenvalue weighted by atomic mass is 32.1. The van der Waals surface area contributed by atoms with Crippen molar-refractivity contribution in [3.8, 4) is 0 Å². The molecule has 0 aliphatic carbocycles. The summed E-state index contributed by atoms with van der Waals surface area (Å²) in [5.74, 6) is 0.163. The summed E-state index contributed by atoms with van der Waals surface area (Å²) in [5, 5.41) is 0. The molecule has 1 aromatic heterocycles. The first-order chi connectivity index (χ1) is 11.2. The average molecular weight is 337 g/mol. The molecule has 2 saturated heterocycles. The minimum absolute atomic E-state index is 0.0700. The van der Waals surface area contributed by atoms with Gasteiger partial charge in [0.1, 0.15) is 0 Å². The third-order valence-corrected chi connectivity index (χ3v) is 5.96. The van der Waals surface area contributed by atoms with Gasteiger partial charge in [0, 0.05) is 11.4 Å². The third-order valence-electron chi connectivity index (χ3n) is 4.74. The van der Waals surface area contributed by atoms with Gasteiger partial charge in [-0.3, -0.25) is 4.79 Å². The third kappa shape index (κ3) is 3.62. The molecule has 3 rings (SSSR count). The summed E-state index contributed by atoms with van der Waals surface area (Å²) in [6, 6.07) is 2.18. The lowest BCUT2D eigenvalue weighted by molar-refractivity contribution is -0.100. The first kappa shape index (κ1) is 16.9. The first-order valence-corrected chi connectivity index (χ1v) is 9.72. The second-order valence-corrected chi connectivity index (χ2v) is 7.47. The van der Waals surface area contributed by atoms with Crippen molar-refractivity contribution >= 4 is 17.2 Å². The predicted molar refractivity (Wildman–Crippen MR) is 92.1 cm³/mol. The second kappa shape index (κ2) is 7.77. The van der Waals surface area contributed by atoms with Crippen LogP contribution in [0.3, 0.4) is 0 Å². The van der Waals surface area contributed by atoms with Crippen molar-refractivity contribution in [3.05, 3.63) is 21.4 Å². The van der Waals surface area contributed by atoms with E-state index in [1.54, 1.807) is 11.3 Å². The Bertz CT molecular complexity index is 536. The molecule has 2 aliphatic rings. The van der Waals surface area contributed by atoms with E-state index in [2.05, 4.69) is 19.9 Å². The van der Waals surface area contributed by atoms with Crippen molar-refractivity contribution in [2.24, 2.45) is 0 Å². The number of carbonyl (C=O) groups is 1. The molecule has 3 heterocycles. The fourth-order valence-corrected chi connectivity index (χ4v) is 4.85. The number of thiophene rings is 1. The molecular formula is C18H27NO3S. The fraction of sp³-hybridized carbons (Fsp3) is 0.722. The summed E-state index contributed by atoms with van der Waals surface area (Å²) < 4.78 is 11.4. The van der Waals surface area contributed by atoms with Crippen molar-refractivity contribution in [1.82, 2.24) is 4.90 Å². The number of hydrogen-bond donors (Lipinski definition) is 0. The van der Waals surface area contributed by atoms with E-state index in [1.807, 2.05) is 4.90 Å². The number of aryl methyl sites for hydroxylation is 2. The minimum Gasteiger partial charge on any atom is -0.348 e.